The average molecular weight is 351 g/mol. The summed E-state index contributed by atoms with van der Waals surface area (Å²) in [6.45, 7) is 1.37. The predicted octanol–water partition coefficient (Wildman–Crippen LogP) is 2.73. The number of anilines is 1. The van der Waals surface area contributed by atoms with Crippen molar-refractivity contribution in [1.82, 2.24) is 10.2 Å². The van der Waals surface area contributed by atoms with E-state index in [-0.39, 0.29) is 17.9 Å². The standard InChI is InChI=1S/C21H25N3O2/c1-23(2)21(26)20(17-7-4-3-5-8-17)22-15-16-10-12-18(13-11-16)24-14-6-9-19(24)25/h3-5,7-8,10-13,20,22H,6,9,14-15H2,1-2H3/t20-/m1/s1. The lowest BCUT2D eigenvalue weighted by atomic mass is 10.1. The number of nitrogens with one attached hydrogen (secondary N) is 1. The molecule has 3 rings (SSSR count). The van der Waals surface area contributed by atoms with Gasteiger partial charge in [0.05, 0.1) is 0 Å². The molecule has 2 amide bonds. The minimum atomic E-state index is -0.383. The van der Waals surface area contributed by atoms with Crippen LogP contribution in [0.2, 0.25) is 0 Å². The van der Waals surface area contributed by atoms with Crippen molar-refractivity contribution < 1.29 is 9.59 Å². The van der Waals surface area contributed by atoms with Crippen LogP contribution in [0.15, 0.2) is 54.6 Å². The van der Waals surface area contributed by atoms with Crippen molar-refractivity contribution >= 4 is 17.5 Å². The second kappa shape index (κ2) is 8.15. The van der Waals surface area contributed by atoms with Gasteiger partial charge in [-0.1, -0.05) is 42.5 Å². The summed E-state index contributed by atoms with van der Waals surface area (Å²) < 4.78 is 0. The second-order valence-corrected chi connectivity index (χ2v) is 6.77. The fourth-order valence-corrected chi connectivity index (χ4v) is 3.19. The Bertz CT molecular complexity index is 757. The molecule has 2 aromatic rings. The summed E-state index contributed by atoms with van der Waals surface area (Å²) in [7, 11) is 3.53. The molecular formula is C21H25N3O2. The zero-order valence-corrected chi connectivity index (χ0v) is 15.3. The third kappa shape index (κ3) is 4.11. The Morgan fingerprint density at radius 1 is 1.12 bits per heavy atom. The van der Waals surface area contributed by atoms with Crippen molar-refractivity contribution in [3.05, 3.63) is 65.7 Å². The highest BCUT2D eigenvalue weighted by molar-refractivity contribution is 5.95. The number of hydrogen-bond donors (Lipinski definition) is 1. The van der Waals surface area contributed by atoms with Crippen LogP contribution < -0.4 is 10.2 Å². The lowest BCUT2D eigenvalue weighted by molar-refractivity contribution is -0.131. The first-order valence-corrected chi connectivity index (χ1v) is 8.95. The molecule has 1 N–H and O–H groups in total. The van der Waals surface area contributed by atoms with Crippen molar-refractivity contribution in [3.63, 3.8) is 0 Å². The van der Waals surface area contributed by atoms with E-state index in [1.165, 1.54) is 0 Å². The molecule has 1 fully saturated rings. The molecule has 0 saturated carbocycles. The SMILES string of the molecule is CN(C)C(=O)[C@H](NCc1ccc(N2CCCC2=O)cc1)c1ccccc1. The quantitative estimate of drug-likeness (QED) is 0.871. The zero-order chi connectivity index (χ0) is 18.5. The van der Waals surface area contributed by atoms with Gasteiger partial charge in [0.1, 0.15) is 6.04 Å². The highest BCUT2D eigenvalue weighted by Gasteiger charge is 2.23. The summed E-state index contributed by atoms with van der Waals surface area (Å²) in [5.41, 5.74) is 2.97. The first-order chi connectivity index (χ1) is 12.6. The van der Waals surface area contributed by atoms with Crippen LogP contribution in [-0.4, -0.2) is 37.4 Å². The molecule has 26 heavy (non-hydrogen) atoms. The maximum Gasteiger partial charge on any atom is 0.243 e. The molecule has 1 aliphatic heterocycles. The Morgan fingerprint density at radius 3 is 2.38 bits per heavy atom. The maximum atomic E-state index is 12.5. The number of rotatable bonds is 6. The van der Waals surface area contributed by atoms with Crippen LogP contribution >= 0.6 is 0 Å². The van der Waals surface area contributed by atoms with E-state index in [1.807, 2.05) is 59.5 Å². The number of benzene rings is 2. The molecule has 1 aliphatic rings. The Labute approximate surface area is 154 Å². The van der Waals surface area contributed by atoms with Crippen LogP contribution in [0.4, 0.5) is 5.69 Å². The van der Waals surface area contributed by atoms with Crippen molar-refractivity contribution in [2.45, 2.75) is 25.4 Å². The smallest absolute Gasteiger partial charge is 0.243 e. The van der Waals surface area contributed by atoms with E-state index in [1.54, 1.807) is 19.0 Å². The van der Waals surface area contributed by atoms with Crippen molar-refractivity contribution in [2.75, 3.05) is 25.5 Å². The van der Waals surface area contributed by atoms with Crippen molar-refractivity contribution in [1.29, 1.82) is 0 Å². The third-order valence-corrected chi connectivity index (χ3v) is 4.65. The highest BCUT2D eigenvalue weighted by Crippen LogP contribution is 2.22. The first kappa shape index (κ1) is 18.1. The van der Waals surface area contributed by atoms with Crippen LogP contribution in [0.5, 0.6) is 0 Å². The van der Waals surface area contributed by atoms with E-state index in [9.17, 15) is 9.59 Å². The Hall–Kier alpha value is -2.66. The normalized spacial score (nSPS) is 15.2. The van der Waals surface area contributed by atoms with Gasteiger partial charge in [-0.15, -0.1) is 0 Å². The van der Waals surface area contributed by atoms with E-state index in [0.717, 1.165) is 29.8 Å². The van der Waals surface area contributed by atoms with Gasteiger partial charge in [-0.25, -0.2) is 0 Å². The number of hydrogen-bond acceptors (Lipinski definition) is 3. The van der Waals surface area contributed by atoms with Gasteiger partial charge < -0.3 is 9.80 Å². The minimum Gasteiger partial charge on any atom is -0.347 e. The Balaban J connectivity index is 1.69. The van der Waals surface area contributed by atoms with E-state index in [4.69, 9.17) is 0 Å². The van der Waals surface area contributed by atoms with E-state index >= 15 is 0 Å². The largest absolute Gasteiger partial charge is 0.347 e. The van der Waals surface area contributed by atoms with Crippen molar-refractivity contribution in [3.8, 4) is 0 Å². The number of nitrogens with zero attached hydrogens (tertiary/aromatic N) is 2. The van der Waals surface area contributed by atoms with Crippen molar-refractivity contribution in [2.24, 2.45) is 0 Å². The minimum absolute atomic E-state index is 0.0236. The van der Waals surface area contributed by atoms with E-state index in [0.29, 0.717) is 13.0 Å². The average Bonchev–Trinajstić information content (AvgIpc) is 3.09. The summed E-state index contributed by atoms with van der Waals surface area (Å²) >= 11 is 0. The fourth-order valence-electron chi connectivity index (χ4n) is 3.19. The monoisotopic (exact) mass is 351 g/mol. The molecule has 0 aromatic heterocycles. The van der Waals surface area contributed by atoms with Gasteiger partial charge in [0, 0.05) is 39.3 Å². The van der Waals surface area contributed by atoms with Gasteiger partial charge in [0.15, 0.2) is 0 Å². The molecule has 0 aliphatic carbocycles. The Morgan fingerprint density at radius 2 is 1.81 bits per heavy atom. The van der Waals surface area contributed by atoms with Crippen LogP contribution in [0.1, 0.15) is 30.0 Å². The van der Waals surface area contributed by atoms with Gasteiger partial charge in [0.2, 0.25) is 11.8 Å². The molecule has 1 saturated heterocycles. The molecular weight excluding hydrogens is 326 g/mol. The van der Waals surface area contributed by atoms with Gasteiger partial charge in [0.25, 0.3) is 0 Å². The fraction of sp³-hybridized carbons (Fsp3) is 0.333. The molecule has 0 radical (unpaired) electrons. The van der Waals surface area contributed by atoms with E-state index in [2.05, 4.69) is 5.32 Å². The maximum absolute atomic E-state index is 12.5. The first-order valence-electron chi connectivity index (χ1n) is 8.95. The second-order valence-electron chi connectivity index (χ2n) is 6.77. The number of amides is 2. The van der Waals surface area contributed by atoms with Crippen LogP contribution in [-0.2, 0) is 16.1 Å². The number of likely N-dealkylation sites (N-methyl/N-ethyl adjacent to an activating group) is 1. The highest BCUT2D eigenvalue weighted by atomic mass is 16.2. The van der Waals surface area contributed by atoms with Gasteiger partial charge in [-0.2, -0.15) is 0 Å². The Kier molecular flexibility index (Phi) is 5.68. The number of carbonyl (C=O) groups is 2. The molecule has 5 heteroatoms. The molecule has 0 bridgehead atoms. The molecule has 1 atom stereocenters. The van der Waals surface area contributed by atoms with Gasteiger partial charge in [-0.3, -0.25) is 14.9 Å². The molecule has 136 valence electrons. The molecule has 2 aromatic carbocycles. The van der Waals surface area contributed by atoms with Gasteiger partial charge in [-0.05, 0) is 29.7 Å². The summed E-state index contributed by atoms with van der Waals surface area (Å²) in [6, 6.07) is 17.3. The van der Waals surface area contributed by atoms with Crippen LogP contribution in [0.25, 0.3) is 0 Å². The summed E-state index contributed by atoms with van der Waals surface area (Å²) in [5.74, 6) is 0.215. The van der Waals surface area contributed by atoms with E-state index < -0.39 is 0 Å². The van der Waals surface area contributed by atoms with Crippen LogP contribution in [0, 0.1) is 0 Å². The zero-order valence-electron chi connectivity index (χ0n) is 15.3. The molecule has 0 unspecified atom stereocenters. The lowest BCUT2D eigenvalue weighted by Crippen LogP contribution is -2.36. The van der Waals surface area contributed by atoms with Gasteiger partial charge >= 0.3 is 0 Å². The third-order valence-electron chi connectivity index (χ3n) is 4.65. The molecule has 0 spiro atoms. The summed E-state index contributed by atoms with van der Waals surface area (Å²) in [5, 5.41) is 3.36. The summed E-state index contributed by atoms with van der Waals surface area (Å²) in [4.78, 5) is 27.8. The number of carbonyl (C=O) groups excluding carboxylic acids is 2. The topological polar surface area (TPSA) is 52.7 Å². The lowest BCUT2D eigenvalue weighted by Gasteiger charge is -2.22. The van der Waals surface area contributed by atoms with Crippen LogP contribution in [0.3, 0.4) is 0 Å². The summed E-state index contributed by atoms with van der Waals surface area (Å²) in [6.07, 6.45) is 1.56. The molecule has 1 heterocycles. The predicted molar refractivity (Wildman–Crippen MR) is 103 cm³/mol. The molecule has 5 nitrogen and oxygen atoms in total.